The Morgan fingerprint density at radius 3 is 2.33 bits per heavy atom. The van der Waals surface area contributed by atoms with Crippen LogP contribution >= 0.6 is 27.5 Å². The van der Waals surface area contributed by atoms with Crippen molar-refractivity contribution in [1.29, 1.82) is 0 Å². The Hall–Kier alpha value is -0.460. The third kappa shape index (κ3) is 2.60. The zero-order valence-electron chi connectivity index (χ0n) is 9.92. The minimum atomic E-state index is -3.66. The molecule has 0 unspecified atom stereocenters. The van der Waals surface area contributed by atoms with E-state index in [0.29, 0.717) is 4.47 Å². The second-order valence-electron chi connectivity index (χ2n) is 4.33. The zero-order valence-corrected chi connectivity index (χ0v) is 13.1. The number of Topliss-reactive ketones (excluding diaryl/α,β-unsaturated/α-hetero) is 1. The smallest absolute Gasteiger partial charge is 0.186 e. The molecule has 18 heavy (non-hydrogen) atoms. The van der Waals surface area contributed by atoms with Gasteiger partial charge < -0.3 is 0 Å². The summed E-state index contributed by atoms with van der Waals surface area (Å²) in [5, 5.41) is -0.245. The topological polar surface area (TPSA) is 51.2 Å². The lowest BCUT2D eigenvalue weighted by Crippen LogP contribution is -2.40. The molecule has 0 radical (unpaired) electrons. The van der Waals surface area contributed by atoms with Gasteiger partial charge in [-0.3, -0.25) is 4.79 Å². The molecule has 0 aliphatic rings. The van der Waals surface area contributed by atoms with E-state index >= 15 is 0 Å². The second-order valence-corrected chi connectivity index (χ2v) is 8.13. The molecule has 1 aromatic carbocycles. The number of benzene rings is 1. The highest BCUT2D eigenvalue weighted by molar-refractivity contribution is 9.10. The van der Waals surface area contributed by atoms with Gasteiger partial charge in [0.25, 0.3) is 0 Å². The molecule has 0 bridgehead atoms. The van der Waals surface area contributed by atoms with Gasteiger partial charge in [-0.05, 0) is 41.9 Å². The Kier molecular flexibility index (Phi) is 4.25. The molecule has 0 atom stereocenters. The summed E-state index contributed by atoms with van der Waals surface area (Å²) in [6.07, 6.45) is 0.934. The van der Waals surface area contributed by atoms with Crippen LogP contribution in [0.5, 0.6) is 0 Å². The number of hydrogen-bond donors (Lipinski definition) is 0. The fourth-order valence-corrected chi connectivity index (χ4v) is 2.11. The largest absolute Gasteiger partial charge is 0.292 e. The van der Waals surface area contributed by atoms with E-state index in [1.807, 2.05) is 0 Å². The van der Waals surface area contributed by atoms with Crippen LogP contribution in [0.1, 0.15) is 24.2 Å². The number of halogens is 3. The highest BCUT2D eigenvalue weighted by Crippen LogP contribution is 2.30. The molecule has 1 rings (SSSR count). The molecule has 0 saturated heterocycles. The lowest BCUT2D eigenvalue weighted by molar-refractivity contribution is 0.0950. The predicted octanol–water partition coefficient (Wildman–Crippen LogP) is 3.25. The van der Waals surface area contributed by atoms with Crippen molar-refractivity contribution in [3.63, 3.8) is 0 Å². The summed E-state index contributed by atoms with van der Waals surface area (Å²) in [6.45, 7) is 2.47. The first-order valence-corrected chi connectivity index (χ1v) is 7.94. The van der Waals surface area contributed by atoms with Crippen molar-refractivity contribution in [3.8, 4) is 0 Å². The molecule has 0 aromatic heterocycles. The van der Waals surface area contributed by atoms with Gasteiger partial charge >= 0.3 is 0 Å². The Balaban J connectivity index is 3.43. The molecule has 0 aliphatic heterocycles. The van der Waals surface area contributed by atoms with Crippen LogP contribution in [0.25, 0.3) is 0 Å². The van der Waals surface area contributed by atoms with Crippen LogP contribution in [0.2, 0.25) is 5.02 Å². The van der Waals surface area contributed by atoms with Crippen LogP contribution in [0, 0.1) is 5.82 Å². The van der Waals surface area contributed by atoms with Gasteiger partial charge in [0.2, 0.25) is 0 Å². The Morgan fingerprint density at radius 2 is 1.89 bits per heavy atom. The van der Waals surface area contributed by atoms with Gasteiger partial charge in [-0.1, -0.05) is 11.6 Å². The van der Waals surface area contributed by atoms with Crippen molar-refractivity contribution in [2.75, 3.05) is 6.26 Å². The third-order valence-electron chi connectivity index (χ3n) is 2.75. The summed E-state index contributed by atoms with van der Waals surface area (Å²) in [7, 11) is -3.66. The first kappa shape index (κ1) is 15.6. The van der Waals surface area contributed by atoms with Gasteiger partial charge in [0.15, 0.2) is 21.4 Å². The Bertz CT molecular complexity index is 611. The van der Waals surface area contributed by atoms with Gasteiger partial charge in [-0.15, -0.1) is 0 Å². The maximum absolute atomic E-state index is 13.9. The van der Waals surface area contributed by atoms with Gasteiger partial charge in [0, 0.05) is 10.7 Å². The number of hydrogen-bond acceptors (Lipinski definition) is 3. The first-order chi connectivity index (χ1) is 8.00. The monoisotopic (exact) mass is 356 g/mol. The fraction of sp³-hybridized carbons (Fsp3) is 0.364. The standard InChI is InChI=1S/C11H11BrClFO3S/c1-11(2,18(3,16)17)10(15)6-4-5-7(12)8(13)9(6)14/h4-5H,1-3H3. The van der Waals surface area contributed by atoms with E-state index in [2.05, 4.69) is 15.9 Å². The average Bonchev–Trinajstić information content (AvgIpc) is 2.24. The average molecular weight is 358 g/mol. The van der Waals surface area contributed by atoms with E-state index in [9.17, 15) is 17.6 Å². The summed E-state index contributed by atoms with van der Waals surface area (Å²) in [5.74, 6) is -1.75. The summed E-state index contributed by atoms with van der Waals surface area (Å²) in [6, 6.07) is 2.61. The highest BCUT2D eigenvalue weighted by Gasteiger charge is 2.40. The molecule has 1 aromatic rings. The maximum Gasteiger partial charge on any atom is 0.186 e. The third-order valence-corrected chi connectivity index (χ3v) is 6.05. The summed E-state index contributed by atoms with van der Waals surface area (Å²) in [5.41, 5.74) is -0.335. The van der Waals surface area contributed by atoms with Crippen molar-refractivity contribution < 1.29 is 17.6 Å². The number of carbonyl (C=O) groups excluding carboxylic acids is 1. The van der Waals surface area contributed by atoms with E-state index in [1.165, 1.54) is 26.0 Å². The Morgan fingerprint density at radius 1 is 1.39 bits per heavy atom. The van der Waals surface area contributed by atoms with Crippen LogP contribution in [0.4, 0.5) is 4.39 Å². The number of sulfone groups is 1. The van der Waals surface area contributed by atoms with Crippen molar-refractivity contribution >= 4 is 43.2 Å². The molecular weight excluding hydrogens is 347 g/mol. The van der Waals surface area contributed by atoms with Gasteiger partial charge in [0.1, 0.15) is 4.75 Å². The van der Waals surface area contributed by atoms with Crippen LogP contribution in [-0.4, -0.2) is 25.2 Å². The molecule has 0 aliphatic carbocycles. The molecule has 100 valence electrons. The molecule has 0 fully saturated rings. The van der Waals surface area contributed by atoms with Crippen LogP contribution in [0.3, 0.4) is 0 Å². The minimum absolute atomic E-state index is 0.245. The minimum Gasteiger partial charge on any atom is -0.292 e. The number of carbonyl (C=O) groups is 1. The Labute approximate surface area is 118 Å². The van der Waals surface area contributed by atoms with Crippen molar-refractivity contribution in [2.24, 2.45) is 0 Å². The molecule has 7 heteroatoms. The van der Waals surface area contributed by atoms with Crippen molar-refractivity contribution in [3.05, 3.63) is 33.0 Å². The van der Waals surface area contributed by atoms with E-state index in [4.69, 9.17) is 11.6 Å². The summed E-state index contributed by atoms with van der Waals surface area (Å²) >= 11 is 8.69. The van der Waals surface area contributed by atoms with E-state index < -0.39 is 26.2 Å². The van der Waals surface area contributed by atoms with E-state index in [-0.39, 0.29) is 10.6 Å². The van der Waals surface area contributed by atoms with Gasteiger partial charge in [-0.25, -0.2) is 12.8 Å². The van der Waals surface area contributed by atoms with Crippen molar-refractivity contribution in [2.45, 2.75) is 18.6 Å². The maximum atomic E-state index is 13.9. The van der Waals surface area contributed by atoms with Crippen molar-refractivity contribution in [1.82, 2.24) is 0 Å². The first-order valence-electron chi connectivity index (χ1n) is 4.88. The molecule has 0 N–H and O–H groups in total. The summed E-state index contributed by atoms with van der Waals surface area (Å²) in [4.78, 5) is 12.1. The molecule has 0 heterocycles. The van der Waals surface area contributed by atoms with Gasteiger partial charge in [-0.2, -0.15) is 0 Å². The van der Waals surface area contributed by atoms with Crippen LogP contribution in [-0.2, 0) is 9.84 Å². The predicted molar refractivity (Wildman–Crippen MR) is 72.4 cm³/mol. The molecule has 0 amide bonds. The van der Waals surface area contributed by atoms with E-state index in [0.717, 1.165) is 6.26 Å². The van der Waals surface area contributed by atoms with E-state index in [1.54, 1.807) is 0 Å². The second kappa shape index (κ2) is 4.90. The lowest BCUT2D eigenvalue weighted by Gasteiger charge is -2.21. The number of rotatable bonds is 3. The molecule has 0 spiro atoms. The molecular formula is C11H11BrClFO3S. The highest BCUT2D eigenvalue weighted by atomic mass is 79.9. The lowest BCUT2D eigenvalue weighted by atomic mass is 10.00. The number of ketones is 1. The summed E-state index contributed by atoms with van der Waals surface area (Å²) < 4.78 is 35.5. The van der Waals surface area contributed by atoms with Crippen LogP contribution < -0.4 is 0 Å². The van der Waals surface area contributed by atoms with Crippen LogP contribution in [0.15, 0.2) is 16.6 Å². The SMILES string of the molecule is CC(C)(C(=O)c1ccc(Br)c(Cl)c1F)S(C)(=O)=O. The zero-order chi connectivity index (χ0) is 14.3. The fourth-order valence-electron chi connectivity index (χ4n) is 1.19. The van der Waals surface area contributed by atoms with Gasteiger partial charge in [0.05, 0.1) is 10.6 Å². The molecule has 0 saturated carbocycles. The quantitative estimate of drug-likeness (QED) is 0.616. The molecule has 3 nitrogen and oxygen atoms in total. The normalized spacial score (nSPS) is 12.6.